The summed E-state index contributed by atoms with van der Waals surface area (Å²) in [5.41, 5.74) is 1.59. The molecule has 1 nitrogen and oxygen atoms in total. The Morgan fingerprint density at radius 2 is 2.23 bits per heavy atom. The SMILES string of the molecule is CCC1C2=CCCCC2CCC1O. The van der Waals surface area contributed by atoms with Crippen molar-refractivity contribution in [1.29, 1.82) is 0 Å². The average Bonchev–Trinajstić information content (AvgIpc) is 2.18. The van der Waals surface area contributed by atoms with Gasteiger partial charge in [0.15, 0.2) is 0 Å². The highest BCUT2D eigenvalue weighted by atomic mass is 16.3. The molecule has 2 aliphatic rings. The molecule has 0 spiro atoms. The smallest absolute Gasteiger partial charge is 0.0605 e. The third-order valence-corrected chi connectivity index (χ3v) is 3.75. The fourth-order valence-electron chi connectivity index (χ4n) is 3.03. The number of allylic oxidation sites excluding steroid dienone is 1. The number of hydrogen-bond donors (Lipinski definition) is 1. The normalized spacial score (nSPS) is 39.5. The van der Waals surface area contributed by atoms with E-state index in [0.717, 1.165) is 18.8 Å². The minimum atomic E-state index is -0.0504. The van der Waals surface area contributed by atoms with Gasteiger partial charge >= 0.3 is 0 Å². The monoisotopic (exact) mass is 180 g/mol. The Hall–Kier alpha value is -0.300. The first-order chi connectivity index (χ1) is 6.33. The van der Waals surface area contributed by atoms with Crippen LogP contribution in [-0.4, -0.2) is 11.2 Å². The van der Waals surface area contributed by atoms with E-state index in [1.165, 1.54) is 25.7 Å². The van der Waals surface area contributed by atoms with Gasteiger partial charge in [0, 0.05) is 5.92 Å². The molecule has 0 amide bonds. The van der Waals surface area contributed by atoms with Crippen LogP contribution >= 0.6 is 0 Å². The van der Waals surface area contributed by atoms with Gasteiger partial charge < -0.3 is 5.11 Å². The lowest BCUT2D eigenvalue weighted by molar-refractivity contribution is 0.0781. The summed E-state index contributed by atoms with van der Waals surface area (Å²) in [5.74, 6) is 1.31. The fraction of sp³-hybridized carbons (Fsp3) is 0.833. The summed E-state index contributed by atoms with van der Waals surface area (Å²) in [6, 6.07) is 0. The first-order valence-corrected chi connectivity index (χ1v) is 5.71. The van der Waals surface area contributed by atoms with Gasteiger partial charge in [-0.05, 0) is 44.4 Å². The standard InChI is InChI=1S/C12H20O/c1-2-10-11-6-4-3-5-9(11)7-8-12(10)13/h6,9-10,12-13H,2-5,7-8H2,1H3. The summed E-state index contributed by atoms with van der Waals surface area (Å²) in [6.45, 7) is 2.20. The summed E-state index contributed by atoms with van der Waals surface area (Å²) in [7, 11) is 0. The van der Waals surface area contributed by atoms with Gasteiger partial charge in [-0.2, -0.15) is 0 Å². The van der Waals surface area contributed by atoms with Crippen LogP contribution in [0.5, 0.6) is 0 Å². The molecule has 3 unspecified atom stereocenters. The second-order valence-electron chi connectivity index (χ2n) is 4.49. The average molecular weight is 180 g/mol. The summed E-state index contributed by atoms with van der Waals surface area (Å²) < 4.78 is 0. The summed E-state index contributed by atoms with van der Waals surface area (Å²) in [5, 5.41) is 9.87. The Balaban J connectivity index is 2.17. The molecule has 0 aliphatic heterocycles. The van der Waals surface area contributed by atoms with Crippen LogP contribution in [0, 0.1) is 11.8 Å². The van der Waals surface area contributed by atoms with Gasteiger partial charge in [-0.15, -0.1) is 0 Å². The van der Waals surface area contributed by atoms with E-state index in [4.69, 9.17) is 0 Å². The molecule has 0 aromatic rings. The van der Waals surface area contributed by atoms with Crippen molar-refractivity contribution in [1.82, 2.24) is 0 Å². The number of aliphatic hydroxyl groups is 1. The summed E-state index contributed by atoms with van der Waals surface area (Å²) in [6.07, 6.45) is 9.70. The molecule has 0 aromatic heterocycles. The van der Waals surface area contributed by atoms with E-state index in [9.17, 15) is 5.11 Å². The van der Waals surface area contributed by atoms with E-state index in [0.29, 0.717) is 5.92 Å². The van der Waals surface area contributed by atoms with Gasteiger partial charge in [-0.1, -0.05) is 18.6 Å². The molecular formula is C12H20O. The number of fused-ring (bicyclic) bond motifs is 1. The van der Waals surface area contributed by atoms with Crippen molar-refractivity contribution >= 4 is 0 Å². The molecule has 2 aliphatic carbocycles. The summed E-state index contributed by atoms with van der Waals surface area (Å²) in [4.78, 5) is 0. The van der Waals surface area contributed by atoms with Crippen molar-refractivity contribution in [2.45, 2.75) is 51.6 Å². The predicted molar refractivity (Wildman–Crippen MR) is 54.4 cm³/mol. The zero-order chi connectivity index (χ0) is 9.26. The summed E-state index contributed by atoms with van der Waals surface area (Å²) >= 11 is 0. The molecule has 0 heterocycles. The van der Waals surface area contributed by atoms with Crippen molar-refractivity contribution in [2.24, 2.45) is 11.8 Å². The molecule has 1 fully saturated rings. The first-order valence-electron chi connectivity index (χ1n) is 5.71. The molecule has 0 aromatic carbocycles. The minimum Gasteiger partial charge on any atom is -0.393 e. The van der Waals surface area contributed by atoms with E-state index < -0.39 is 0 Å². The second kappa shape index (κ2) is 3.83. The van der Waals surface area contributed by atoms with E-state index in [1.54, 1.807) is 5.57 Å². The van der Waals surface area contributed by atoms with Gasteiger partial charge in [-0.3, -0.25) is 0 Å². The minimum absolute atomic E-state index is 0.0504. The Labute approximate surface area is 80.8 Å². The fourth-order valence-corrected chi connectivity index (χ4v) is 3.03. The molecule has 13 heavy (non-hydrogen) atoms. The van der Waals surface area contributed by atoms with Crippen LogP contribution in [0.2, 0.25) is 0 Å². The maximum Gasteiger partial charge on any atom is 0.0605 e. The van der Waals surface area contributed by atoms with Crippen LogP contribution in [0.3, 0.4) is 0 Å². The molecule has 2 rings (SSSR count). The van der Waals surface area contributed by atoms with Crippen LogP contribution in [0.15, 0.2) is 11.6 Å². The lowest BCUT2D eigenvalue weighted by Crippen LogP contribution is -2.32. The largest absolute Gasteiger partial charge is 0.393 e. The van der Waals surface area contributed by atoms with E-state index in [-0.39, 0.29) is 6.10 Å². The highest BCUT2D eigenvalue weighted by Gasteiger charge is 2.33. The predicted octanol–water partition coefficient (Wildman–Crippen LogP) is 2.89. The Morgan fingerprint density at radius 3 is 3.00 bits per heavy atom. The molecular weight excluding hydrogens is 160 g/mol. The van der Waals surface area contributed by atoms with Gasteiger partial charge in [0.2, 0.25) is 0 Å². The maximum absolute atomic E-state index is 9.87. The Bertz CT molecular complexity index is 207. The van der Waals surface area contributed by atoms with Crippen molar-refractivity contribution in [3.05, 3.63) is 11.6 Å². The number of rotatable bonds is 1. The number of aliphatic hydroxyl groups excluding tert-OH is 1. The Morgan fingerprint density at radius 1 is 1.38 bits per heavy atom. The van der Waals surface area contributed by atoms with Crippen LogP contribution < -0.4 is 0 Å². The van der Waals surface area contributed by atoms with Crippen LogP contribution in [0.4, 0.5) is 0 Å². The highest BCUT2D eigenvalue weighted by Crippen LogP contribution is 2.41. The zero-order valence-electron chi connectivity index (χ0n) is 8.50. The lowest BCUT2D eigenvalue weighted by atomic mass is 9.70. The Kier molecular flexibility index (Phi) is 2.73. The van der Waals surface area contributed by atoms with Crippen molar-refractivity contribution in [3.63, 3.8) is 0 Å². The molecule has 1 N–H and O–H groups in total. The lowest BCUT2D eigenvalue weighted by Gasteiger charge is -2.38. The van der Waals surface area contributed by atoms with Crippen molar-refractivity contribution in [2.75, 3.05) is 0 Å². The van der Waals surface area contributed by atoms with Gasteiger partial charge in [0.05, 0.1) is 6.10 Å². The molecule has 1 heteroatoms. The van der Waals surface area contributed by atoms with Crippen molar-refractivity contribution in [3.8, 4) is 0 Å². The van der Waals surface area contributed by atoms with E-state index in [2.05, 4.69) is 13.0 Å². The molecule has 0 bridgehead atoms. The molecule has 74 valence electrons. The zero-order valence-corrected chi connectivity index (χ0v) is 8.50. The molecule has 3 atom stereocenters. The first kappa shape index (κ1) is 9.26. The van der Waals surface area contributed by atoms with Crippen LogP contribution in [0.25, 0.3) is 0 Å². The van der Waals surface area contributed by atoms with Gasteiger partial charge in [0.25, 0.3) is 0 Å². The van der Waals surface area contributed by atoms with E-state index in [1.807, 2.05) is 0 Å². The quantitative estimate of drug-likeness (QED) is 0.615. The second-order valence-corrected chi connectivity index (χ2v) is 4.49. The van der Waals surface area contributed by atoms with Crippen molar-refractivity contribution < 1.29 is 5.11 Å². The van der Waals surface area contributed by atoms with Gasteiger partial charge in [0.1, 0.15) is 0 Å². The molecule has 0 radical (unpaired) electrons. The molecule has 0 saturated heterocycles. The number of hydrogen-bond acceptors (Lipinski definition) is 1. The topological polar surface area (TPSA) is 20.2 Å². The van der Waals surface area contributed by atoms with Gasteiger partial charge in [-0.25, -0.2) is 0 Å². The third kappa shape index (κ3) is 1.67. The van der Waals surface area contributed by atoms with E-state index >= 15 is 0 Å². The van der Waals surface area contributed by atoms with Crippen LogP contribution in [0.1, 0.15) is 45.4 Å². The third-order valence-electron chi connectivity index (χ3n) is 3.75. The van der Waals surface area contributed by atoms with Crippen LogP contribution in [-0.2, 0) is 0 Å². The molecule has 1 saturated carbocycles. The highest BCUT2D eigenvalue weighted by molar-refractivity contribution is 5.17. The maximum atomic E-state index is 9.87.